The van der Waals surface area contributed by atoms with Crippen molar-refractivity contribution in [3.8, 4) is 0 Å². The first-order valence-electron chi connectivity index (χ1n) is 6.32. The van der Waals surface area contributed by atoms with Gasteiger partial charge >= 0.3 is 0 Å². The Morgan fingerprint density at radius 3 is 2.71 bits per heavy atom. The van der Waals surface area contributed by atoms with E-state index in [1.807, 2.05) is 6.92 Å². The number of hydrogen-bond acceptors (Lipinski definition) is 3. The standard InChI is InChI=1S/C12H20ClN3O/c1-3-17-12(6-4-9(2)5-7-12)11-14-10(8-13)15-16-11/h9H,3-8H2,1-2H3,(H,14,15,16). The Hall–Kier alpha value is -0.610. The molecule has 0 amide bonds. The third kappa shape index (κ3) is 2.63. The van der Waals surface area contributed by atoms with E-state index in [2.05, 4.69) is 22.1 Å². The highest BCUT2D eigenvalue weighted by atomic mass is 35.5. The number of H-pyrrole nitrogens is 1. The molecule has 1 aromatic rings. The van der Waals surface area contributed by atoms with Crippen LogP contribution < -0.4 is 0 Å². The summed E-state index contributed by atoms with van der Waals surface area (Å²) in [5, 5.41) is 7.16. The van der Waals surface area contributed by atoms with E-state index in [0.717, 1.165) is 30.4 Å². The van der Waals surface area contributed by atoms with Crippen LogP contribution in [0.25, 0.3) is 0 Å². The fraction of sp³-hybridized carbons (Fsp3) is 0.833. The van der Waals surface area contributed by atoms with E-state index in [4.69, 9.17) is 16.3 Å². The maximum absolute atomic E-state index is 5.97. The van der Waals surface area contributed by atoms with E-state index < -0.39 is 0 Å². The van der Waals surface area contributed by atoms with Crippen molar-refractivity contribution in [1.82, 2.24) is 15.2 Å². The molecule has 5 heteroatoms. The van der Waals surface area contributed by atoms with Crippen LogP contribution >= 0.6 is 11.6 Å². The first-order chi connectivity index (χ1) is 8.20. The largest absolute Gasteiger partial charge is 0.367 e. The quantitative estimate of drug-likeness (QED) is 0.844. The average molecular weight is 258 g/mol. The van der Waals surface area contributed by atoms with Crippen LogP contribution in [0.15, 0.2) is 0 Å². The molecule has 17 heavy (non-hydrogen) atoms. The van der Waals surface area contributed by atoms with E-state index >= 15 is 0 Å². The Morgan fingerprint density at radius 1 is 1.47 bits per heavy atom. The molecule has 2 rings (SSSR count). The monoisotopic (exact) mass is 257 g/mol. The molecule has 4 nitrogen and oxygen atoms in total. The predicted molar refractivity (Wildman–Crippen MR) is 66.9 cm³/mol. The fourth-order valence-corrected chi connectivity index (χ4v) is 2.62. The molecule has 1 N–H and O–H groups in total. The van der Waals surface area contributed by atoms with Crippen LogP contribution in [-0.4, -0.2) is 21.8 Å². The number of nitrogens with zero attached hydrogens (tertiary/aromatic N) is 2. The smallest absolute Gasteiger partial charge is 0.182 e. The average Bonchev–Trinajstić information content (AvgIpc) is 2.82. The van der Waals surface area contributed by atoms with Crippen molar-refractivity contribution in [2.45, 2.75) is 51.0 Å². The minimum atomic E-state index is -0.290. The molecule has 1 aromatic heterocycles. The van der Waals surface area contributed by atoms with Crippen molar-refractivity contribution in [3.63, 3.8) is 0 Å². The topological polar surface area (TPSA) is 50.8 Å². The first-order valence-corrected chi connectivity index (χ1v) is 6.85. The number of aromatic nitrogens is 3. The fourth-order valence-electron chi connectivity index (χ4n) is 2.50. The minimum Gasteiger partial charge on any atom is -0.367 e. The van der Waals surface area contributed by atoms with E-state index in [1.54, 1.807) is 0 Å². The van der Waals surface area contributed by atoms with Gasteiger partial charge in [0.1, 0.15) is 11.4 Å². The first kappa shape index (κ1) is 12.8. The molecule has 96 valence electrons. The highest BCUT2D eigenvalue weighted by Gasteiger charge is 2.40. The molecule has 0 unspecified atom stereocenters. The Kier molecular flexibility index (Phi) is 4.05. The summed E-state index contributed by atoms with van der Waals surface area (Å²) >= 11 is 5.75. The van der Waals surface area contributed by atoms with E-state index in [9.17, 15) is 0 Å². The second-order valence-corrected chi connectivity index (χ2v) is 5.12. The number of nitrogens with one attached hydrogen (secondary N) is 1. The zero-order valence-corrected chi connectivity index (χ0v) is 11.3. The summed E-state index contributed by atoms with van der Waals surface area (Å²) in [5.74, 6) is 2.64. The number of aromatic amines is 1. The summed E-state index contributed by atoms with van der Waals surface area (Å²) < 4.78 is 5.97. The lowest BCUT2D eigenvalue weighted by Gasteiger charge is -2.36. The van der Waals surface area contributed by atoms with Gasteiger partial charge in [0, 0.05) is 6.61 Å². The third-order valence-corrected chi connectivity index (χ3v) is 3.82. The Labute approximate surface area is 107 Å². The Balaban J connectivity index is 2.21. The Morgan fingerprint density at radius 2 is 2.18 bits per heavy atom. The third-order valence-electron chi connectivity index (χ3n) is 3.57. The van der Waals surface area contributed by atoms with E-state index in [1.165, 1.54) is 12.8 Å². The lowest BCUT2D eigenvalue weighted by molar-refractivity contribution is -0.0835. The molecular formula is C12H20ClN3O. The molecular weight excluding hydrogens is 238 g/mol. The van der Waals surface area contributed by atoms with Crippen LogP contribution in [0.3, 0.4) is 0 Å². The SMILES string of the molecule is CCOC1(c2n[nH]c(CCl)n2)CCC(C)CC1. The lowest BCUT2D eigenvalue weighted by atomic mass is 9.79. The maximum atomic E-state index is 5.97. The lowest BCUT2D eigenvalue weighted by Crippen LogP contribution is -2.35. The van der Waals surface area contributed by atoms with Gasteiger partial charge in [0.2, 0.25) is 0 Å². The summed E-state index contributed by atoms with van der Waals surface area (Å²) in [4.78, 5) is 4.44. The highest BCUT2D eigenvalue weighted by molar-refractivity contribution is 6.16. The maximum Gasteiger partial charge on any atom is 0.182 e. The van der Waals surface area contributed by atoms with Gasteiger partial charge in [-0.1, -0.05) is 6.92 Å². The molecule has 1 saturated carbocycles. The zero-order valence-electron chi connectivity index (χ0n) is 10.5. The number of alkyl halides is 1. The van der Waals surface area contributed by atoms with E-state index in [-0.39, 0.29) is 5.60 Å². The van der Waals surface area contributed by atoms with Crippen LogP contribution in [0.5, 0.6) is 0 Å². The molecule has 0 spiro atoms. The van der Waals surface area contributed by atoms with Crippen molar-refractivity contribution < 1.29 is 4.74 Å². The highest BCUT2D eigenvalue weighted by Crippen LogP contribution is 2.40. The molecule has 0 aliphatic heterocycles. The number of hydrogen-bond donors (Lipinski definition) is 1. The molecule has 0 atom stereocenters. The predicted octanol–water partition coefficient (Wildman–Crippen LogP) is 2.99. The zero-order chi connectivity index (χ0) is 12.3. The number of rotatable bonds is 4. The van der Waals surface area contributed by atoms with Crippen LogP contribution in [0.2, 0.25) is 0 Å². The van der Waals surface area contributed by atoms with Gasteiger partial charge < -0.3 is 4.74 Å². The number of halogens is 1. The van der Waals surface area contributed by atoms with Gasteiger partial charge in [0.05, 0.1) is 5.88 Å². The summed E-state index contributed by atoms with van der Waals surface area (Å²) in [7, 11) is 0. The second kappa shape index (κ2) is 5.36. The molecule has 1 heterocycles. The van der Waals surface area contributed by atoms with Gasteiger partial charge in [-0.15, -0.1) is 11.6 Å². The molecule has 0 saturated heterocycles. The summed E-state index contributed by atoms with van der Waals surface area (Å²) in [6.45, 7) is 5.01. The summed E-state index contributed by atoms with van der Waals surface area (Å²) in [6, 6.07) is 0. The second-order valence-electron chi connectivity index (χ2n) is 4.85. The van der Waals surface area contributed by atoms with Gasteiger partial charge in [-0.2, -0.15) is 5.10 Å². The van der Waals surface area contributed by atoms with E-state index in [0.29, 0.717) is 12.5 Å². The Bertz CT molecular complexity index is 358. The molecule has 0 bridgehead atoms. The van der Waals surface area contributed by atoms with Gasteiger partial charge in [-0.3, -0.25) is 5.10 Å². The molecule has 0 aromatic carbocycles. The van der Waals surface area contributed by atoms with Crippen LogP contribution in [0.4, 0.5) is 0 Å². The molecule has 1 fully saturated rings. The van der Waals surface area contributed by atoms with Crippen LogP contribution in [0.1, 0.15) is 51.2 Å². The summed E-state index contributed by atoms with van der Waals surface area (Å²) in [6.07, 6.45) is 4.35. The van der Waals surface area contributed by atoms with Crippen LogP contribution in [-0.2, 0) is 16.2 Å². The minimum absolute atomic E-state index is 0.290. The number of ether oxygens (including phenoxy) is 1. The normalized spacial score (nSPS) is 29.5. The van der Waals surface area contributed by atoms with Crippen molar-refractivity contribution in [3.05, 3.63) is 11.6 Å². The van der Waals surface area contributed by atoms with Crippen molar-refractivity contribution in [1.29, 1.82) is 0 Å². The van der Waals surface area contributed by atoms with Crippen molar-refractivity contribution in [2.75, 3.05) is 6.61 Å². The van der Waals surface area contributed by atoms with Crippen molar-refractivity contribution >= 4 is 11.6 Å². The molecule has 0 radical (unpaired) electrons. The van der Waals surface area contributed by atoms with Crippen molar-refractivity contribution in [2.24, 2.45) is 5.92 Å². The molecule has 1 aliphatic rings. The van der Waals surface area contributed by atoms with Gasteiger partial charge in [-0.05, 0) is 38.5 Å². The van der Waals surface area contributed by atoms with Gasteiger partial charge in [-0.25, -0.2) is 4.98 Å². The van der Waals surface area contributed by atoms with Gasteiger partial charge in [0.25, 0.3) is 0 Å². The molecule has 1 aliphatic carbocycles. The summed E-state index contributed by atoms with van der Waals surface area (Å²) in [5.41, 5.74) is -0.290. The van der Waals surface area contributed by atoms with Crippen LogP contribution in [0, 0.1) is 5.92 Å². The van der Waals surface area contributed by atoms with Gasteiger partial charge in [0.15, 0.2) is 5.82 Å².